The Labute approximate surface area is 74.4 Å². The summed E-state index contributed by atoms with van der Waals surface area (Å²) in [7, 11) is 0. The molecule has 0 aliphatic carbocycles. The van der Waals surface area contributed by atoms with Crippen molar-refractivity contribution >= 4 is 17.6 Å². The monoisotopic (exact) mass is 177 g/mol. The van der Waals surface area contributed by atoms with Crippen molar-refractivity contribution in [2.75, 3.05) is 11.4 Å². The number of carbonyl (C=O) groups excluding carboxylic acids is 2. The standard InChI is InChI=1S/C8H7N3O2/c12-6-4-7(13)11(5-6)8-9-2-1-3-10-8/h1-3H,4-5H2. The summed E-state index contributed by atoms with van der Waals surface area (Å²) in [5.41, 5.74) is 0. The Kier molecular flexibility index (Phi) is 1.77. The molecule has 1 saturated heterocycles. The van der Waals surface area contributed by atoms with E-state index in [1.54, 1.807) is 18.5 Å². The third-order valence-corrected chi connectivity index (χ3v) is 1.78. The van der Waals surface area contributed by atoms with Crippen molar-refractivity contribution < 1.29 is 9.59 Å². The van der Waals surface area contributed by atoms with Gasteiger partial charge in [0, 0.05) is 12.4 Å². The molecule has 5 nitrogen and oxygen atoms in total. The van der Waals surface area contributed by atoms with Gasteiger partial charge in [0.2, 0.25) is 11.9 Å². The average molecular weight is 177 g/mol. The number of ketones is 1. The average Bonchev–Trinajstić information content (AvgIpc) is 2.47. The number of Topliss-reactive ketones (excluding diaryl/α,β-unsaturated/α-hetero) is 1. The van der Waals surface area contributed by atoms with E-state index < -0.39 is 0 Å². The SMILES string of the molecule is O=C1CC(=O)N(c2ncccn2)C1. The van der Waals surface area contributed by atoms with Gasteiger partial charge < -0.3 is 0 Å². The van der Waals surface area contributed by atoms with Crippen LogP contribution >= 0.6 is 0 Å². The van der Waals surface area contributed by atoms with Crippen LogP contribution in [0, 0.1) is 0 Å². The van der Waals surface area contributed by atoms with Crippen LogP contribution in [-0.4, -0.2) is 28.2 Å². The van der Waals surface area contributed by atoms with Gasteiger partial charge in [-0.2, -0.15) is 0 Å². The summed E-state index contributed by atoms with van der Waals surface area (Å²) in [4.78, 5) is 31.2. The van der Waals surface area contributed by atoms with E-state index in [1.807, 2.05) is 0 Å². The molecule has 0 N–H and O–H groups in total. The second-order valence-electron chi connectivity index (χ2n) is 2.74. The highest BCUT2D eigenvalue weighted by atomic mass is 16.2. The fourth-order valence-corrected chi connectivity index (χ4v) is 1.20. The quantitative estimate of drug-likeness (QED) is 0.556. The van der Waals surface area contributed by atoms with E-state index in [1.165, 1.54) is 4.90 Å². The fraction of sp³-hybridized carbons (Fsp3) is 0.250. The maximum Gasteiger partial charge on any atom is 0.237 e. The first-order valence-electron chi connectivity index (χ1n) is 3.86. The molecule has 1 aliphatic heterocycles. The molecule has 0 saturated carbocycles. The highest BCUT2D eigenvalue weighted by Gasteiger charge is 2.29. The maximum absolute atomic E-state index is 11.2. The zero-order valence-corrected chi connectivity index (χ0v) is 6.80. The largest absolute Gasteiger partial charge is 0.297 e. The van der Waals surface area contributed by atoms with Crippen molar-refractivity contribution in [3.05, 3.63) is 18.5 Å². The Bertz CT molecular complexity index is 350. The van der Waals surface area contributed by atoms with E-state index in [4.69, 9.17) is 0 Å². The van der Waals surface area contributed by atoms with Crippen LogP contribution in [0.5, 0.6) is 0 Å². The molecule has 0 bridgehead atoms. The van der Waals surface area contributed by atoms with Crippen molar-refractivity contribution in [3.8, 4) is 0 Å². The van der Waals surface area contributed by atoms with E-state index in [-0.39, 0.29) is 24.7 Å². The fourth-order valence-electron chi connectivity index (χ4n) is 1.20. The van der Waals surface area contributed by atoms with E-state index in [9.17, 15) is 9.59 Å². The Hall–Kier alpha value is -1.78. The van der Waals surface area contributed by atoms with Gasteiger partial charge in [-0.1, -0.05) is 0 Å². The van der Waals surface area contributed by atoms with Gasteiger partial charge in [-0.15, -0.1) is 0 Å². The molecule has 2 rings (SSSR count). The van der Waals surface area contributed by atoms with Crippen molar-refractivity contribution in [1.82, 2.24) is 9.97 Å². The van der Waals surface area contributed by atoms with Crippen molar-refractivity contribution in [2.24, 2.45) is 0 Å². The van der Waals surface area contributed by atoms with E-state index in [2.05, 4.69) is 9.97 Å². The van der Waals surface area contributed by atoms with Crippen molar-refractivity contribution in [1.29, 1.82) is 0 Å². The topological polar surface area (TPSA) is 63.2 Å². The number of hydrogen-bond acceptors (Lipinski definition) is 4. The van der Waals surface area contributed by atoms with Crippen LogP contribution in [-0.2, 0) is 9.59 Å². The van der Waals surface area contributed by atoms with Crippen LogP contribution < -0.4 is 4.90 Å². The minimum atomic E-state index is -0.226. The number of rotatable bonds is 1. The number of carbonyl (C=O) groups is 2. The number of anilines is 1. The zero-order chi connectivity index (χ0) is 9.26. The first-order chi connectivity index (χ1) is 6.27. The molecule has 0 atom stereocenters. The number of nitrogens with zero attached hydrogens (tertiary/aromatic N) is 3. The predicted octanol–water partition coefficient (Wildman–Crippen LogP) is -0.218. The van der Waals surface area contributed by atoms with Crippen molar-refractivity contribution in [2.45, 2.75) is 6.42 Å². The van der Waals surface area contributed by atoms with Gasteiger partial charge in [0.15, 0.2) is 5.78 Å². The van der Waals surface area contributed by atoms with E-state index in [0.717, 1.165) is 0 Å². The number of aromatic nitrogens is 2. The molecule has 5 heteroatoms. The summed E-state index contributed by atoms with van der Waals surface area (Å²) >= 11 is 0. The van der Waals surface area contributed by atoms with Gasteiger partial charge >= 0.3 is 0 Å². The lowest BCUT2D eigenvalue weighted by atomic mass is 10.3. The minimum Gasteiger partial charge on any atom is -0.297 e. The molecular weight excluding hydrogens is 170 g/mol. The van der Waals surface area contributed by atoms with Gasteiger partial charge in [0.05, 0.1) is 13.0 Å². The first-order valence-corrected chi connectivity index (χ1v) is 3.86. The Morgan fingerprint density at radius 2 is 1.92 bits per heavy atom. The first kappa shape index (κ1) is 7.85. The Morgan fingerprint density at radius 1 is 1.23 bits per heavy atom. The number of hydrogen-bond donors (Lipinski definition) is 0. The highest BCUT2D eigenvalue weighted by molar-refractivity contribution is 6.14. The molecule has 0 spiro atoms. The summed E-state index contributed by atoms with van der Waals surface area (Å²) in [6.45, 7) is 0.100. The van der Waals surface area contributed by atoms with Crippen LogP contribution in [0.1, 0.15) is 6.42 Å². The summed E-state index contributed by atoms with van der Waals surface area (Å²) in [6.07, 6.45) is 3.05. The van der Waals surface area contributed by atoms with E-state index >= 15 is 0 Å². The molecule has 1 fully saturated rings. The van der Waals surface area contributed by atoms with Gasteiger partial charge in [-0.05, 0) is 6.07 Å². The number of amides is 1. The van der Waals surface area contributed by atoms with Crippen LogP contribution in [0.2, 0.25) is 0 Å². The molecule has 13 heavy (non-hydrogen) atoms. The molecule has 2 heterocycles. The van der Waals surface area contributed by atoms with Gasteiger partial charge in [-0.3, -0.25) is 14.5 Å². The molecule has 0 aromatic carbocycles. The van der Waals surface area contributed by atoms with Gasteiger partial charge in [0.1, 0.15) is 0 Å². The molecule has 1 aromatic heterocycles. The molecule has 1 amide bonds. The third kappa shape index (κ3) is 1.40. The second kappa shape index (κ2) is 2.93. The normalized spacial score (nSPS) is 16.8. The predicted molar refractivity (Wildman–Crippen MR) is 44.0 cm³/mol. The van der Waals surface area contributed by atoms with Gasteiger partial charge in [0.25, 0.3) is 0 Å². The Morgan fingerprint density at radius 3 is 2.46 bits per heavy atom. The summed E-state index contributed by atoms with van der Waals surface area (Å²) < 4.78 is 0. The lowest BCUT2D eigenvalue weighted by Gasteiger charge is -2.10. The lowest BCUT2D eigenvalue weighted by molar-refractivity contribution is -0.121. The second-order valence-corrected chi connectivity index (χ2v) is 2.74. The maximum atomic E-state index is 11.2. The third-order valence-electron chi connectivity index (χ3n) is 1.78. The Balaban J connectivity index is 2.28. The van der Waals surface area contributed by atoms with E-state index in [0.29, 0.717) is 5.95 Å². The zero-order valence-electron chi connectivity index (χ0n) is 6.80. The van der Waals surface area contributed by atoms with Crippen LogP contribution in [0.4, 0.5) is 5.95 Å². The van der Waals surface area contributed by atoms with Crippen LogP contribution in [0.25, 0.3) is 0 Å². The molecule has 0 radical (unpaired) electrons. The molecule has 1 aliphatic rings. The smallest absolute Gasteiger partial charge is 0.237 e. The van der Waals surface area contributed by atoms with Gasteiger partial charge in [-0.25, -0.2) is 9.97 Å². The van der Waals surface area contributed by atoms with Crippen LogP contribution in [0.3, 0.4) is 0 Å². The van der Waals surface area contributed by atoms with Crippen molar-refractivity contribution in [3.63, 3.8) is 0 Å². The van der Waals surface area contributed by atoms with Crippen LogP contribution in [0.15, 0.2) is 18.5 Å². The minimum absolute atomic E-state index is 0.0295. The molecule has 1 aromatic rings. The molecule has 0 unspecified atom stereocenters. The molecule has 66 valence electrons. The molecular formula is C8H7N3O2. The highest BCUT2D eigenvalue weighted by Crippen LogP contribution is 2.13. The summed E-state index contributed by atoms with van der Waals surface area (Å²) in [5, 5.41) is 0. The lowest BCUT2D eigenvalue weighted by Crippen LogP contribution is -2.26. The summed E-state index contributed by atoms with van der Waals surface area (Å²) in [5.74, 6) is -0.00740. The summed E-state index contributed by atoms with van der Waals surface area (Å²) in [6, 6.07) is 1.66.